The largest absolute Gasteiger partial charge is 0.462 e. The van der Waals surface area contributed by atoms with Gasteiger partial charge in [-0.1, -0.05) is 18.2 Å². The van der Waals surface area contributed by atoms with Crippen molar-refractivity contribution in [2.75, 3.05) is 13.2 Å². The number of furan rings is 1. The SMILES string of the molecule is CCOP(=O)(OCC)c1ccoc1-c1cc2ccccc2[nH]1. The van der Waals surface area contributed by atoms with Crippen LogP contribution in [-0.2, 0) is 13.6 Å². The van der Waals surface area contributed by atoms with Gasteiger partial charge >= 0.3 is 7.60 Å². The zero-order chi connectivity index (χ0) is 15.6. The molecular formula is C16H18NO4P. The van der Waals surface area contributed by atoms with Gasteiger partial charge < -0.3 is 18.4 Å². The van der Waals surface area contributed by atoms with E-state index in [-0.39, 0.29) is 0 Å². The summed E-state index contributed by atoms with van der Waals surface area (Å²) in [7, 11) is -3.38. The van der Waals surface area contributed by atoms with Crippen LogP contribution in [0, 0.1) is 0 Å². The normalized spacial score (nSPS) is 12.1. The van der Waals surface area contributed by atoms with Gasteiger partial charge in [-0.05, 0) is 32.0 Å². The molecule has 0 spiro atoms. The minimum atomic E-state index is -3.38. The molecule has 6 heteroatoms. The lowest BCUT2D eigenvalue weighted by Gasteiger charge is -2.16. The second-order valence-electron chi connectivity index (χ2n) is 4.74. The van der Waals surface area contributed by atoms with Crippen molar-refractivity contribution in [2.24, 2.45) is 0 Å². The number of rotatable bonds is 6. The number of nitrogens with one attached hydrogen (secondary N) is 1. The zero-order valence-corrected chi connectivity index (χ0v) is 13.4. The second-order valence-corrected chi connectivity index (χ2v) is 6.73. The first-order valence-electron chi connectivity index (χ1n) is 7.23. The number of aromatic amines is 1. The summed E-state index contributed by atoms with van der Waals surface area (Å²) < 4.78 is 29.3. The van der Waals surface area contributed by atoms with Crippen LogP contribution in [-0.4, -0.2) is 18.2 Å². The maximum atomic E-state index is 13.0. The Balaban J connectivity index is 2.09. The molecule has 5 nitrogen and oxygen atoms in total. The molecule has 0 fully saturated rings. The van der Waals surface area contributed by atoms with E-state index in [4.69, 9.17) is 13.5 Å². The van der Waals surface area contributed by atoms with E-state index in [0.29, 0.717) is 24.3 Å². The van der Waals surface area contributed by atoms with E-state index in [1.807, 2.05) is 30.3 Å². The van der Waals surface area contributed by atoms with Crippen molar-refractivity contribution < 1.29 is 18.0 Å². The molecular weight excluding hydrogens is 301 g/mol. The molecule has 0 saturated heterocycles. The molecule has 2 heterocycles. The molecule has 0 amide bonds. The molecule has 0 saturated carbocycles. The third-order valence-electron chi connectivity index (χ3n) is 3.31. The molecule has 0 radical (unpaired) electrons. The lowest BCUT2D eigenvalue weighted by atomic mass is 10.2. The summed E-state index contributed by atoms with van der Waals surface area (Å²) in [5.41, 5.74) is 1.74. The first kappa shape index (κ1) is 15.1. The van der Waals surface area contributed by atoms with E-state index in [1.54, 1.807) is 19.9 Å². The molecule has 0 bridgehead atoms. The zero-order valence-electron chi connectivity index (χ0n) is 12.5. The van der Waals surface area contributed by atoms with Gasteiger partial charge in [-0.25, -0.2) is 0 Å². The Bertz CT molecular complexity index is 777. The van der Waals surface area contributed by atoms with Crippen molar-refractivity contribution in [3.63, 3.8) is 0 Å². The molecule has 116 valence electrons. The fourth-order valence-corrected chi connectivity index (χ4v) is 4.13. The van der Waals surface area contributed by atoms with E-state index in [9.17, 15) is 4.57 Å². The molecule has 1 aromatic carbocycles. The summed E-state index contributed by atoms with van der Waals surface area (Å²) in [5, 5.41) is 1.50. The van der Waals surface area contributed by atoms with E-state index in [2.05, 4.69) is 4.98 Å². The lowest BCUT2D eigenvalue weighted by molar-refractivity contribution is 0.230. The van der Waals surface area contributed by atoms with Crippen molar-refractivity contribution in [1.82, 2.24) is 4.98 Å². The van der Waals surface area contributed by atoms with Crippen molar-refractivity contribution >= 4 is 23.8 Å². The van der Waals surface area contributed by atoms with E-state index >= 15 is 0 Å². The van der Waals surface area contributed by atoms with E-state index < -0.39 is 7.60 Å². The topological polar surface area (TPSA) is 64.5 Å². The highest BCUT2D eigenvalue weighted by molar-refractivity contribution is 7.62. The minimum Gasteiger partial charge on any atom is -0.462 e. The van der Waals surface area contributed by atoms with Gasteiger partial charge in [0.05, 0.1) is 25.2 Å². The Morgan fingerprint density at radius 3 is 2.55 bits per heavy atom. The maximum absolute atomic E-state index is 13.0. The number of para-hydroxylation sites is 1. The fraction of sp³-hybridized carbons (Fsp3) is 0.250. The van der Waals surface area contributed by atoms with Gasteiger partial charge in [-0.2, -0.15) is 0 Å². The van der Waals surface area contributed by atoms with Crippen LogP contribution in [0.4, 0.5) is 0 Å². The van der Waals surface area contributed by atoms with Crippen molar-refractivity contribution in [3.05, 3.63) is 42.7 Å². The van der Waals surface area contributed by atoms with Crippen LogP contribution in [0.1, 0.15) is 13.8 Å². The first-order chi connectivity index (χ1) is 10.7. The number of H-pyrrole nitrogens is 1. The van der Waals surface area contributed by atoms with Crippen LogP contribution in [0.3, 0.4) is 0 Å². The monoisotopic (exact) mass is 319 g/mol. The Labute approximate surface area is 128 Å². The Morgan fingerprint density at radius 1 is 1.14 bits per heavy atom. The van der Waals surface area contributed by atoms with Gasteiger partial charge in [0.1, 0.15) is 5.30 Å². The van der Waals surface area contributed by atoms with Gasteiger partial charge in [0.15, 0.2) is 5.76 Å². The summed E-state index contributed by atoms with van der Waals surface area (Å²) in [4.78, 5) is 3.27. The highest BCUT2D eigenvalue weighted by atomic mass is 31.2. The average molecular weight is 319 g/mol. The summed E-state index contributed by atoms with van der Waals surface area (Å²) in [6.45, 7) is 4.17. The number of aromatic nitrogens is 1. The second kappa shape index (κ2) is 6.13. The number of hydrogen-bond donors (Lipinski definition) is 1. The van der Waals surface area contributed by atoms with Crippen molar-refractivity contribution in [3.8, 4) is 11.5 Å². The lowest BCUT2D eigenvalue weighted by Crippen LogP contribution is -2.11. The predicted octanol–water partition coefficient (Wildman–Crippen LogP) is 4.32. The van der Waals surface area contributed by atoms with Crippen LogP contribution >= 0.6 is 7.60 Å². The van der Waals surface area contributed by atoms with Crippen molar-refractivity contribution in [1.29, 1.82) is 0 Å². The maximum Gasteiger partial charge on any atom is 0.365 e. The minimum absolute atomic E-state index is 0.300. The van der Waals surface area contributed by atoms with Crippen LogP contribution in [0.25, 0.3) is 22.4 Å². The molecule has 3 aromatic rings. The van der Waals surface area contributed by atoms with Crippen molar-refractivity contribution in [2.45, 2.75) is 13.8 Å². The van der Waals surface area contributed by atoms with E-state index in [1.165, 1.54) is 6.26 Å². The molecule has 3 rings (SSSR count). The summed E-state index contributed by atoms with van der Waals surface area (Å²) in [6, 6.07) is 11.5. The summed E-state index contributed by atoms with van der Waals surface area (Å²) >= 11 is 0. The third-order valence-corrected chi connectivity index (χ3v) is 5.45. The van der Waals surface area contributed by atoms with Gasteiger partial charge in [0.2, 0.25) is 0 Å². The number of benzene rings is 1. The Kier molecular flexibility index (Phi) is 4.21. The third kappa shape index (κ3) is 2.63. The molecule has 0 aliphatic carbocycles. The van der Waals surface area contributed by atoms with Gasteiger partial charge in [-0.15, -0.1) is 0 Å². The molecule has 0 atom stereocenters. The van der Waals surface area contributed by atoms with Gasteiger partial charge in [-0.3, -0.25) is 4.57 Å². The van der Waals surface area contributed by atoms with Gasteiger partial charge in [0.25, 0.3) is 0 Å². The van der Waals surface area contributed by atoms with Crippen LogP contribution in [0.5, 0.6) is 0 Å². The smallest absolute Gasteiger partial charge is 0.365 e. The van der Waals surface area contributed by atoms with Crippen LogP contribution < -0.4 is 5.30 Å². The van der Waals surface area contributed by atoms with Crippen LogP contribution in [0.2, 0.25) is 0 Å². The number of hydrogen-bond acceptors (Lipinski definition) is 4. The Morgan fingerprint density at radius 2 is 1.86 bits per heavy atom. The average Bonchev–Trinajstić information content (AvgIpc) is 3.14. The summed E-state index contributed by atoms with van der Waals surface area (Å²) in [5.74, 6) is 0.487. The standard InChI is InChI=1S/C16H18NO4P/c1-3-20-22(18,21-4-2)15-9-10-19-16(15)14-11-12-7-5-6-8-13(12)17-14/h5-11,17H,3-4H2,1-2H3. The first-order valence-corrected chi connectivity index (χ1v) is 8.77. The molecule has 1 N–H and O–H groups in total. The summed E-state index contributed by atoms with van der Waals surface area (Å²) in [6.07, 6.45) is 1.50. The van der Waals surface area contributed by atoms with Crippen LogP contribution in [0.15, 0.2) is 47.1 Å². The van der Waals surface area contributed by atoms with Gasteiger partial charge in [0, 0.05) is 10.9 Å². The Hall–Kier alpha value is -1.81. The molecule has 2 aromatic heterocycles. The van der Waals surface area contributed by atoms with E-state index in [0.717, 1.165) is 16.6 Å². The number of fused-ring (bicyclic) bond motifs is 1. The highest BCUT2D eigenvalue weighted by Crippen LogP contribution is 2.49. The molecule has 22 heavy (non-hydrogen) atoms. The fourth-order valence-electron chi connectivity index (χ4n) is 2.43. The molecule has 0 aliphatic heterocycles. The predicted molar refractivity (Wildman–Crippen MR) is 86.5 cm³/mol. The quantitative estimate of drug-likeness (QED) is 0.687. The molecule has 0 unspecified atom stereocenters. The molecule has 0 aliphatic rings. The highest BCUT2D eigenvalue weighted by Gasteiger charge is 2.32.